The lowest BCUT2D eigenvalue weighted by atomic mass is 10.2. The van der Waals surface area contributed by atoms with E-state index in [1.807, 2.05) is 6.92 Å². The first-order valence-electron chi connectivity index (χ1n) is 6.02. The zero-order chi connectivity index (χ0) is 15.7. The van der Waals surface area contributed by atoms with Crippen LogP contribution >= 0.6 is 11.6 Å². The summed E-state index contributed by atoms with van der Waals surface area (Å²) in [5.74, 6) is -5.73. The Hall–Kier alpha value is -2.02. The van der Waals surface area contributed by atoms with Gasteiger partial charge in [0.2, 0.25) is 0 Å². The molecule has 21 heavy (non-hydrogen) atoms. The van der Waals surface area contributed by atoms with Gasteiger partial charge < -0.3 is 5.11 Å². The minimum atomic E-state index is -1.62. The Kier molecular flexibility index (Phi) is 4.22. The Labute approximate surface area is 122 Å². The molecule has 2 rings (SSSR count). The van der Waals surface area contributed by atoms with Crippen molar-refractivity contribution in [2.75, 3.05) is 0 Å². The topological polar surface area (TPSA) is 55.1 Å². The largest absolute Gasteiger partial charge is 0.478 e. The lowest BCUT2D eigenvalue weighted by Crippen LogP contribution is -2.02. The van der Waals surface area contributed by atoms with E-state index in [9.17, 15) is 18.0 Å². The minimum Gasteiger partial charge on any atom is -0.478 e. The summed E-state index contributed by atoms with van der Waals surface area (Å²) >= 11 is 5.92. The van der Waals surface area contributed by atoms with Crippen LogP contribution in [0.2, 0.25) is 5.15 Å². The van der Waals surface area contributed by atoms with Gasteiger partial charge in [0.05, 0.1) is 11.4 Å². The van der Waals surface area contributed by atoms with Gasteiger partial charge in [-0.05, 0) is 6.42 Å². The van der Waals surface area contributed by atoms with Gasteiger partial charge in [-0.3, -0.25) is 0 Å². The SMILES string of the molecule is CCCc1nn(-c2cc(F)c(F)c(F)c2)c(Cl)c1C(=O)O. The molecular formula is C13H10ClF3N2O2. The third kappa shape index (κ3) is 2.73. The monoisotopic (exact) mass is 318 g/mol. The lowest BCUT2D eigenvalue weighted by molar-refractivity contribution is 0.0696. The quantitative estimate of drug-likeness (QED) is 0.876. The number of rotatable bonds is 4. The van der Waals surface area contributed by atoms with Gasteiger partial charge in [0.15, 0.2) is 17.5 Å². The Morgan fingerprint density at radius 2 is 1.90 bits per heavy atom. The van der Waals surface area contributed by atoms with E-state index in [1.54, 1.807) is 0 Å². The maximum Gasteiger partial charge on any atom is 0.340 e. The number of aromatic carboxylic acids is 1. The van der Waals surface area contributed by atoms with Crippen molar-refractivity contribution in [2.45, 2.75) is 19.8 Å². The Morgan fingerprint density at radius 1 is 1.33 bits per heavy atom. The van der Waals surface area contributed by atoms with E-state index in [0.717, 1.165) is 4.68 Å². The number of hydrogen-bond acceptors (Lipinski definition) is 2. The Balaban J connectivity index is 2.65. The number of nitrogens with zero attached hydrogens (tertiary/aromatic N) is 2. The Morgan fingerprint density at radius 3 is 2.38 bits per heavy atom. The van der Waals surface area contributed by atoms with Crippen molar-refractivity contribution in [3.63, 3.8) is 0 Å². The van der Waals surface area contributed by atoms with Crippen molar-refractivity contribution in [1.29, 1.82) is 0 Å². The normalized spacial score (nSPS) is 10.9. The van der Waals surface area contributed by atoms with Crippen LogP contribution in [0.1, 0.15) is 29.4 Å². The lowest BCUT2D eigenvalue weighted by Gasteiger charge is -2.04. The molecule has 0 fully saturated rings. The molecule has 0 unspecified atom stereocenters. The second kappa shape index (κ2) is 5.77. The van der Waals surface area contributed by atoms with Crippen molar-refractivity contribution >= 4 is 17.6 Å². The zero-order valence-electron chi connectivity index (χ0n) is 10.8. The molecule has 0 aliphatic carbocycles. The molecule has 0 radical (unpaired) electrons. The number of hydrogen-bond donors (Lipinski definition) is 1. The molecule has 2 aromatic rings. The van der Waals surface area contributed by atoms with E-state index in [0.29, 0.717) is 25.0 Å². The molecule has 1 aromatic heterocycles. The van der Waals surface area contributed by atoms with Crippen molar-refractivity contribution < 1.29 is 23.1 Å². The molecule has 0 saturated heterocycles. The highest BCUT2D eigenvalue weighted by Gasteiger charge is 2.23. The predicted octanol–water partition coefficient (Wildman–Crippen LogP) is 3.59. The van der Waals surface area contributed by atoms with Crippen LogP contribution < -0.4 is 0 Å². The van der Waals surface area contributed by atoms with Crippen LogP contribution in [0.5, 0.6) is 0 Å². The van der Waals surface area contributed by atoms with Crippen LogP contribution in [-0.2, 0) is 6.42 Å². The summed E-state index contributed by atoms with van der Waals surface area (Å²) in [5.41, 5.74) is -0.231. The van der Waals surface area contributed by atoms with E-state index in [2.05, 4.69) is 5.10 Å². The number of aromatic nitrogens is 2. The first kappa shape index (κ1) is 15.4. The van der Waals surface area contributed by atoms with E-state index < -0.39 is 23.4 Å². The number of carboxylic acids is 1. The summed E-state index contributed by atoms with van der Waals surface area (Å²) in [6.07, 6.45) is 0.945. The molecule has 0 bridgehead atoms. The van der Waals surface area contributed by atoms with Crippen LogP contribution in [0.15, 0.2) is 12.1 Å². The highest BCUT2D eigenvalue weighted by atomic mass is 35.5. The van der Waals surface area contributed by atoms with E-state index >= 15 is 0 Å². The van der Waals surface area contributed by atoms with Gasteiger partial charge in [0.25, 0.3) is 0 Å². The summed E-state index contributed by atoms with van der Waals surface area (Å²) in [7, 11) is 0. The fraction of sp³-hybridized carbons (Fsp3) is 0.231. The third-order valence-corrected chi connectivity index (χ3v) is 3.16. The van der Waals surface area contributed by atoms with Gasteiger partial charge >= 0.3 is 5.97 Å². The van der Waals surface area contributed by atoms with Crippen LogP contribution in [0.25, 0.3) is 5.69 Å². The summed E-state index contributed by atoms with van der Waals surface area (Å²) in [6, 6.07) is 1.39. The van der Waals surface area contributed by atoms with Crippen LogP contribution in [0.3, 0.4) is 0 Å². The zero-order valence-corrected chi connectivity index (χ0v) is 11.6. The fourth-order valence-corrected chi connectivity index (χ4v) is 2.22. The maximum atomic E-state index is 13.3. The maximum absolute atomic E-state index is 13.3. The second-order valence-corrected chi connectivity index (χ2v) is 4.66. The van der Waals surface area contributed by atoms with Crippen LogP contribution in [0.4, 0.5) is 13.2 Å². The first-order chi connectivity index (χ1) is 9.86. The summed E-state index contributed by atoms with van der Waals surface area (Å²) in [6.45, 7) is 1.82. The molecule has 0 aliphatic rings. The highest BCUT2D eigenvalue weighted by Crippen LogP contribution is 2.26. The number of benzene rings is 1. The molecule has 0 atom stereocenters. The summed E-state index contributed by atoms with van der Waals surface area (Å²) < 4.78 is 40.3. The van der Waals surface area contributed by atoms with Gasteiger partial charge in [-0.1, -0.05) is 24.9 Å². The van der Waals surface area contributed by atoms with Gasteiger partial charge in [0.1, 0.15) is 10.7 Å². The summed E-state index contributed by atoms with van der Waals surface area (Å²) in [5, 5.41) is 12.8. The average molecular weight is 319 g/mol. The number of carboxylic acid groups (broad SMARTS) is 1. The van der Waals surface area contributed by atoms with Crippen molar-refractivity contribution in [1.82, 2.24) is 9.78 Å². The van der Waals surface area contributed by atoms with Crippen molar-refractivity contribution in [2.24, 2.45) is 0 Å². The van der Waals surface area contributed by atoms with Crippen LogP contribution in [-0.4, -0.2) is 20.9 Å². The molecule has 8 heteroatoms. The van der Waals surface area contributed by atoms with E-state index in [4.69, 9.17) is 16.7 Å². The van der Waals surface area contributed by atoms with Crippen LogP contribution in [0, 0.1) is 17.5 Å². The predicted molar refractivity (Wildman–Crippen MR) is 69.4 cm³/mol. The molecule has 1 N–H and O–H groups in total. The molecule has 1 aromatic carbocycles. The standard InChI is InChI=1S/C13H10ClF3N2O2/c1-2-3-9-10(13(20)21)12(14)19(18-9)6-4-7(15)11(17)8(16)5-6/h4-5H,2-3H2,1H3,(H,20,21). The smallest absolute Gasteiger partial charge is 0.340 e. The summed E-state index contributed by atoms with van der Waals surface area (Å²) in [4.78, 5) is 11.2. The molecular weight excluding hydrogens is 309 g/mol. The van der Waals surface area contributed by atoms with E-state index in [1.165, 1.54) is 0 Å². The number of aryl methyl sites for hydroxylation is 1. The molecule has 0 saturated carbocycles. The molecule has 4 nitrogen and oxygen atoms in total. The number of carbonyl (C=O) groups is 1. The minimum absolute atomic E-state index is 0.193. The molecule has 0 amide bonds. The van der Waals surface area contributed by atoms with Gasteiger partial charge in [-0.15, -0.1) is 0 Å². The molecule has 0 aliphatic heterocycles. The van der Waals surface area contributed by atoms with Gasteiger partial charge in [0, 0.05) is 12.1 Å². The molecule has 1 heterocycles. The van der Waals surface area contributed by atoms with Crippen molar-refractivity contribution in [3.05, 3.63) is 46.0 Å². The Bertz CT molecular complexity index is 693. The highest BCUT2D eigenvalue weighted by molar-refractivity contribution is 6.32. The first-order valence-corrected chi connectivity index (χ1v) is 6.40. The molecule has 0 spiro atoms. The van der Waals surface area contributed by atoms with Gasteiger partial charge in [-0.25, -0.2) is 22.6 Å². The third-order valence-electron chi connectivity index (χ3n) is 2.82. The second-order valence-electron chi connectivity index (χ2n) is 4.30. The fourth-order valence-electron chi connectivity index (χ4n) is 1.90. The number of halogens is 4. The van der Waals surface area contributed by atoms with E-state index in [-0.39, 0.29) is 22.1 Å². The van der Waals surface area contributed by atoms with Crippen molar-refractivity contribution in [3.8, 4) is 5.69 Å². The molecule has 112 valence electrons. The van der Waals surface area contributed by atoms with Gasteiger partial charge in [-0.2, -0.15) is 5.10 Å². The average Bonchev–Trinajstić information content (AvgIpc) is 2.73.